The molecule has 1 aliphatic heterocycles. The van der Waals surface area contributed by atoms with Crippen molar-refractivity contribution in [2.45, 2.75) is 32.1 Å². The Bertz CT molecular complexity index is 848. The second-order valence-electron chi connectivity index (χ2n) is 6.04. The molecule has 1 saturated heterocycles. The van der Waals surface area contributed by atoms with Crippen molar-refractivity contribution >= 4 is 45.0 Å². The molecule has 3 rings (SSSR count). The Morgan fingerprint density at radius 3 is 2.62 bits per heavy atom. The summed E-state index contributed by atoms with van der Waals surface area (Å²) in [6.45, 7) is 4.61. The molecule has 0 spiro atoms. The Balaban J connectivity index is 1.81. The van der Waals surface area contributed by atoms with Crippen LogP contribution >= 0.6 is 27.7 Å². The molecular weight excluding hydrogens is 410 g/mol. The lowest BCUT2D eigenvalue weighted by Gasteiger charge is -2.17. The first-order valence-electron chi connectivity index (χ1n) is 8.47. The summed E-state index contributed by atoms with van der Waals surface area (Å²) in [4.78, 5) is 14.5. The van der Waals surface area contributed by atoms with Crippen molar-refractivity contribution < 1.29 is 4.79 Å². The van der Waals surface area contributed by atoms with E-state index in [1.54, 1.807) is 11.1 Å². The van der Waals surface area contributed by atoms with E-state index in [9.17, 15) is 4.79 Å². The Kier molecular flexibility index (Phi) is 6.27. The van der Waals surface area contributed by atoms with E-state index in [1.807, 2.05) is 43.3 Å². The van der Waals surface area contributed by atoms with E-state index in [2.05, 4.69) is 45.2 Å². The minimum atomic E-state index is -0.0827. The number of amides is 1. The molecule has 0 saturated carbocycles. The fourth-order valence-corrected chi connectivity index (χ4v) is 3.93. The van der Waals surface area contributed by atoms with Crippen LogP contribution in [0.25, 0.3) is 0 Å². The van der Waals surface area contributed by atoms with Crippen LogP contribution < -0.4 is 0 Å². The molecule has 2 aromatic carbocycles. The summed E-state index contributed by atoms with van der Waals surface area (Å²) in [7, 11) is 0. The Morgan fingerprint density at radius 2 is 1.92 bits per heavy atom. The standard InChI is InChI=1S/C20H20BrN3OS/c1-3-18-19(25)24(13-16-7-5-4-6-14(16)2)20(26-18)23-22-12-15-8-10-17(21)11-9-15/h4-12,18H,3,13H2,1-2H3/b22-12-,23-20-/t18-/m1/s1. The molecule has 0 unspecified atom stereocenters. The summed E-state index contributed by atoms with van der Waals surface area (Å²) in [5, 5.41) is 9.13. The average molecular weight is 430 g/mol. The summed E-state index contributed by atoms with van der Waals surface area (Å²) < 4.78 is 1.02. The van der Waals surface area contributed by atoms with Gasteiger partial charge in [-0.3, -0.25) is 9.69 Å². The van der Waals surface area contributed by atoms with Gasteiger partial charge in [0.05, 0.1) is 18.0 Å². The predicted molar refractivity (Wildman–Crippen MR) is 113 cm³/mol. The van der Waals surface area contributed by atoms with E-state index in [0.717, 1.165) is 22.0 Å². The monoisotopic (exact) mass is 429 g/mol. The fraction of sp³-hybridized carbons (Fsp3) is 0.250. The summed E-state index contributed by atoms with van der Waals surface area (Å²) in [5.41, 5.74) is 3.26. The van der Waals surface area contributed by atoms with Gasteiger partial charge in [-0.15, -0.1) is 5.10 Å². The molecule has 0 aliphatic carbocycles. The van der Waals surface area contributed by atoms with Crippen molar-refractivity contribution in [3.63, 3.8) is 0 Å². The molecule has 4 nitrogen and oxygen atoms in total. The minimum Gasteiger partial charge on any atom is -0.284 e. The number of benzene rings is 2. The lowest BCUT2D eigenvalue weighted by molar-refractivity contribution is -0.126. The van der Waals surface area contributed by atoms with Gasteiger partial charge in [-0.1, -0.05) is 71.0 Å². The highest BCUT2D eigenvalue weighted by atomic mass is 79.9. The molecule has 0 N–H and O–H groups in total. The van der Waals surface area contributed by atoms with Gasteiger partial charge in [0.15, 0.2) is 5.17 Å². The first-order valence-corrected chi connectivity index (χ1v) is 10.1. The zero-order valence-corrected chi connectivity index (χ0v) is 17.1. The van der Waals surface area contributed by atoms with E-state index in [1.165, 1.54) is 17.3 Å². The number of carbonyl (C=O) groups excluding carboxylic acids is 1. The van der Waals surface area contributed by atoms with Crippen LogP contribution in [0, 0.1) is 6.92 Å². The molecule has 6 heteroatoms. The third kappa shape index (κ3) is 4.43. The molecule has 1 atom stereocenters. The predicted octanol–water partition coefficient (Wildman–Crippen LogP) is 5.00. The van der Waals surface area contributed by atoms with Gasteiger partial charge in [-0.2, -0.15) is 5.10 Å². The maximum absolute atomic E-state index is 12.7. The van der Waals surface area contributed by atoms with Gasteiger partial charge in [0.25, 0.3) is 0 Å². The largest absolute Gasteiger partial charge is 0.284 e. The van der Waals surface area contributed by atoms with Crippen molar-refractivity contribution in [1.29, 1.82) is 0 Å². The van der Waals surface area contributed by atoms with Gasteiger partial charge < -0.3 is 0 Å². The topological polar surface area (TPSA) is 45.0 Å². The van der Waals surface area contributed by atoms with Crippen LogP contribution in [0.4, 0.5) is 0 Å². The molecule has 0 bridgehead atoms. The number of hydrogen-bond donors (Lipinski definition) is 0. The molecule has 1 heterocycles. The zero-order valence-electron chi connectivity index (χ0n) is 14.7. The van der Waals surface area contributed by atoms with Crippen LogP contribution in [-0.2, 0) is 11.3 Å². The van der Waals surface area contributed by atoms with Crippen molar-refractivity contribution in [2.24, 2.45) is 10.2 Å². The normalized spacial score (nSPS) is 19.0. The maximum atomic E-state index is 12.7. The summed E-state index contributed by atoms with van der Waals surface area (Å²) in [6, 6.07) is 15.9. The lowest BCUT2D eigenvalue weighted by atomic mass is 10.1. The second kappa shape index (κ2) is 8.64. The van der Waals surface area contributed by atoms with E-state index < -0.39 is 0 Å². The number of aryl methyl sites for hydroxylation is 1. The van der Waals surface area contributed by atoms with Crippen molar-refractivity contribution in [3.8, 4) is 0 Å². The van der Waals surface area contributed by atoms with Crippen LogP contribution in [0.1, 0.15) is 30.0 Å². The number of amidine groups is 1. The highest BCUT2D eigenvalue weighted by Gasteiger charge is 2.37. The van der Waals surface area contributed by atoms with Crippen LogP contribution in [0.2, 0.25) is 0 Å². The quantitative estimate of drug-likeness (QED) is 0.495. The summed E-state index contributed by atoms with van der Waals surface area (Å²) in [5.74, 6) is 0.110. The van der Waals surface area contributed by atoms with Crippen LogP contribution in [-0.4, -0.2) is 27.4 Å². The summed E-state index contributed by atoms with van der Waals surface area (Å²) >= 11 is 4.91. The van der Waals surface area contributed by atoms with Gasteiger partial charge in [-0.05, 0) is 42.2 Å². The average Bonchev–Trinajstić information content (AvgIpc) is 2.94. The van der Waals surface area contributed by atoms with Crippen LogP contribution in [0.15, 0.2) is 63.2 Å². The van der Waals surface area contributed by atoms with E-state index in [-0.39, 0.29) is 11.2 Å². The molecule has 0 radical (unpaired) electrons. The Labute approximate surface area is 166 Å². The number of nitrogens with zero attached hydrogens (tertiary/aromatic N) is 3. The van der Waals surface area contributed by atoms with E-state index >= 15 is 0 Å². The molecule has 26 heavy (non-hydrogen) atoms. The van der Waals surface area contributed by atoms with Gasteiger partial charge in [0.1, 0.15) is 0 Å². The third-order valence-electron chi connectivity index (χ3n) is 4.20. The van der Waals surface area contributed by atoms with Gasteiger partial charge in [-0.25, -0.2) is 0 Å². The molecule has 2 aromatic rings. The first-order chi connectivity index (χ1) is 12.6. The van der Waals surface area contributed by atoms with Crippen molar-refractivity contribution in [2.75, 3.05) is 0 Å². The number of thioether (sulfide) groups is 1. The number of carbonyl (C=O) groups is 1. The smallest absolute Gasteiger partial charge is 0.242 e. The second-order valence-corrected chi connectivity index (χ2v) is 8.13. The first kappa shape index (κ1) is 18.9. The minimum absolute atomic E-state index is 0.0827. The van der Waals surface area contributed by atoms with Crippen molar-refractivity contribution in [1.82, 2.24) is 4.90 Å². The van der Waals surface area contributed by atoms with Crippen molar-refractivity contribution in [3.05, 3.63) is 69.7 Å². The van der Waals surface area contributed by atoms with Gasteiger partial charge in [0.2, 0.25) is 5.91 Å². The number of halogens is 1. The summed E-state index contributed by atoms with van der Waals surface area (Å²) in [6.07, 6.45) is 2.49. The highest BCUT2D eigenvalue weighted by Crippen LogP contribution is 2.31. The molecule has 1 amide bonds. The Hall–Kier alpha value is -1.92. The number of hydrogen-bond acceptors (Lipinski definition) is 4. The maximum Gasteiger partial charge on any atom is 0.242 e. The SMILES string of the molecule is CC[C@H]1S/C(=N\N=C/c2ccc(Br)cc2)N(Cc2ccccc2C)C1=O. The molecule has 1 aliphatic rings. The van der Waals surface area contributed by atoms with Crippen LogP contribution in [0.3, 0.4) is 0 Å². The third-order valence-corrected chi connectivity index (χ3v) is 6.06. The van der Waals surface area contributed by atoms with Crippen LogP contribution in [0.5, 0.6) is 0 Å². The molecule has 1 fully saturated rings. The molecule has 134 valence electrons. The molecular formula is C20H20BrN3OS. The Morgan fingerprint density at radius 1 is 1.19 bits per heavy atom. The van der Waals surface area contributed by atoms with E-state index in [4.69, 9.17) is 0 Å². The fourth-order valence-electron chi connectivity index (χ4n) is 2.64. The zero-order chi connectivity index (χ0) is 18.5. The molecule has 0 aromatic heterocycles. The van der Waals surface area contributed by atoms with Gasteiger partial charge in [0, 0.05) is 4.47 Å². The van der Waals surface area contributed by atoms with E-state index in [0.29, 0.717) is 11.7 Å². The lowest BCUT2D eigenvalue weighted by Crippen LogP contribution is -2.31. The van der Waals surface area contributed by atoms with Gasteiger partial charge >= 0.3 is 0 Å². The number of rotatable bonds is 5. The highest BCUT2D eigenvalue weighted by molar-refractivity contribution is 9.10.